The molecule has 1 N–H and O–H groups in total. The van der Waals surface area contributed by atoms with Crippen LogP contribution in [0.5, 0.6) is 5.75 Å². The summed E-state index contributed by atoms with van der Waals surface area (Å²) in [6, 6.07) is 9.93. The maximum absolute atomic E-state index is 12.0. The maximum Gasteiger partial charge on any atom is 0.343 e. The first-order valence-electron chi connectivity index (χ1n) is 6.12. The Kier molecular flexibility index (Phi) is 3.43. The molecule has 0 fully saturated rings. The minimum absolute atomic E-state index is 0.0849. The first-order valence-corrected chi connectivity index (χ1v) is 6.94. The Bertz CT molecular complexity index is 926. The number of nitro groups is 1. The summed E-state index contributed by atoms with van der Waals surface area (Å²) in [4.78, 5) is 35.7. The maximum atomic E-state index is 12.0. The lowest BCUT2D eigenvalue weighted by molar-refractivity contribution is -0.384. The van der Waals surface area contributed by atoms with Crippen molar-refractivity contribution >= 4 is 33.2 Å². The Labute approximate surface area is 126 Å². The van der Waals surface area contributed by atoms with Crippen molar-refractivity contribution in [3.05, 3.63) is 67.8 Å². The normalized spacial score (nSPS) is 10.5. The van der Waals surface area contributed by atoms with E-state index in [0.29, 0.717) is 15.8 Å². The van der Waals surface area contributed by atoms with Gasteiger partial charge in [0.1, 0.15) is 5.75 Å². The van der Waals surface area contributed by atoms with Crippen molar-refractivity contribution in [1.82, 2.24) is 4.98 Å². The quantitative estimate of drug-likeness (QED) is 0.346. The molecule has 1 aromatic heterocycles. The number of nitrogens with one attached hydrogen (secondary N) is 1. The van der Waals surface area contributed by atoms with Gasteiger partial charge in [0, 0.05) is 12.1 Å². The molecule has 3 aromatic rings. The third-order valence-electron chi connectivity index (χ3n) is 2.91. The van der Waals surface area contributed by atoms with Gasteiger partial charge in [-0.2, -0.15) is 0 Å². The number of aromatic nitrogens is 1. The molecule has 0 radical (unpaired) electrons. The predicted molar refractivity (Wildman–Crippen MR) is 80.5 cm³/mol. The number of nitrogens with zero attached hydrogens (tertiary/aromatic N) is 1. The van der Waals surface area contributed by atoms with Crippen LogP contribution < -0.4 is 9.61 Å². The topological polar surface area (TPSA) is 102 Å². The van der Waals surface area contributed by atoms with Crippen LogP contribution in [0, 0.1) is 10.1 Å². The molecule has 0 aliphatic heterocycles. The number of hydrogen-bond donors (Lipinski definition) is 1. The van der Waals surface area contributed by atoms with Gasteiger partial charge in [-0.25, -0.2) is 4.79 Å². The molecule has 0 saturated carbocycles. The van der Waals surface area contributed by atoms with Crippen molar-refractivity contribution in [3.8, 4) is 5.75 Å². The number of thiazole rings is 1. The number of carbonyl (C=O) groups excluding carboxylic acids is 1. The van der Waals surface area contributed by atoms with Crippen LogP contribution >= 0.6 is 11.3 Å². The van der Waals surface area contributed by atoms with E-state index >= 15 is 0 Å². The van der Waals surface area contributed by atoms with Crippen LogP contribution in [0.1, 0.15) is 10.4 Å². The number of carbonyl (C=O) groups is 1. The smallest absolute Gasteiger partial charge is 0.343 e. The van der Waals surface area contributed by atoms with Gasteiger partial charge in [0.05, 0.1) is 20.7 Å². The summed E-state index contributed by atoms with van der Waals surface area (Å²) in [5, 5.41) is 10.6. The van der Waals surface area contributed by atoms with Crippen LogP contribution in [0.3, 0.4) is 0 Å². The second kappa shape index (κ2) is 5.41. The summed E-state index contributed by atoms with van der Waals surface area (Å²) in [5.41, 5.74) is 0.862. The van der Waals surface area contributed by atoms with E-state index in [1.807, 2.05) is 0 Å². The molecular formula is C14H8N2O5S. The summed E-state index contributed by atoms with van der Waals surface area (Å²) in [7, 11) is 0. The van der Waals surface area contributed by atoms with Gasteiger partial charge in [-0.15, -0.1) is 0 Å². The largest absolute Gasteiger partial charge is 0.423 e. The Morgan fingerprint density at radius 3 is 2.59 bits per heavy atom. The monoisotopic (exact) mass is 316 g/mol. The average molecular weight is 316 g/mol. The van der Waals surface area contributed by atoms with Crippen molar-refractivity contribution in [2.45, 2.75) is 0 Å². The summed E-state index contributed by atoms with van der Waals surface area (Å²) in [5.74, 6) is -0.394. The minimum Gasteiger partial charge on any atom is -0.423 e. The molecule has 0 unspecified atom stereocenters. The first-order chi connectivity index (χ1) is 10.5. The third kappa shape index (κ3) is 2.72. The zero-order valence-corrected chi connectivity index (χ0v) is 11.8. The zero-order chi connectivity index (χ0) is 15.7. The van der Waals surface area contributed by atoms with E-state index < -0.39 is 10.9 Å². The van der Waals surface area contributed by atoms with E-state index in [1.165, 1.54) is 24.3 Å². The number of non-ortho nitro benzene ring substituents is 1. The van der Waals surface area contributed by atoms with Crippen LogP contribution in [0.4, 0.5) is 5.69 Å². The Hall–Kier alpha value is -3.00. The summed E-state index contributed by atoms with van der Waals surface area (Å²) < 4.78 is 5.80. The molecule has 0 spiro atoms. The number of esters is 1. The molecule has 22 heavy (non-hydrogen) atoms. The number of ether oxygens (including phenoxy) is 1. The van der Waals surface area contributed by atoms with E-state index in [4.69, 9.17) is 4.74 Å². The third-order valence-corrected chi connectivity index (χ3v) is 3.76. The van der Waals surface area contributed by atoms with Gasteiger partial charge < -0.3 is 9.72 Å². The highest BCUT2D eigenvalue weighted by Crippen LogP contribution is 2.20. The molecule has 0 amide bonds. The van der Waals surface area contributed by atoms with Crippen molar-refractivity contribution < 1.29 is 14.5 Å². The standard InChI is InChI=1S/C14H8N2O5S/c17-13(21-10-4-2-9(3-5-10)16(19)20)8-1-6-11-12(7-8)22-14(18)15-11/h1-7H,(H,15,18). The fourth-order valence-electron chi connectivity index (χ4n) is 1.87. The van der Waals surface area contributed by atoms with Gasteiger partial charge in [0.2, 0.25) is 0 Å². The number of hydrogen-bond acceptors (Lipinski definition) is 6. The number of H-pyrrole nitrogens is 1. The molecule has 0 saturated heterocycles. The lowest BCUT2D eigenvalue weighted by Gasteiger charge is -2.04. The summed E-state index contributed by atoms with van der Waals surface area (Å²) in [6.45, 7) is 0. The molecule has 8 heteroatoms. The Balaban J connectivity index is 1.83. The van der Waals surface area contributed by atoms with Crippen molar-refractivity contribution in [1.29, 1.82) is 0 Å². The highest BCUT2D eigenvalue weighted by molar-refractivity contribution is 7.16. The van der Waals surface area contributed by atoms with Crippen molar-refractivity contribution in [2.75, 3.05) is 0 Å². The van der Waals surface area contributed by atoms with E-state index in [1.54, 1.807) is 18.2 Å². The number of aromatic amines is 1. The molecule has 3 rings (SSSR count). The molecule has 0 atom stereocenters. The Morgan fingerprint density at radius 1 is 1.18 bits per heavy atom. The zero-order valence-electron chi connectivity index (χ0n) is 10.9. The van der Waals surface area contributed by atoms with Crippen molar-refractivity contribution in [2.24, 2.45) is 0 Å². The van der Waals surface area contributed by atoms with Crippen LogP contribution in [-0.4, -0.2) is 15.9 Å². The van der Waals surface area contributed by atoms with E-state index in [-0.39, 0.29) is 16.3 Å². The minimum atomic E-state index is -0.600. The highest BCUT2D eigenvalue weighted by atomic mass is 32.1. The van der Waals surface area contributed by atoms with E-state index in [0.717, 1.165) is 11.3 Å². The van der Waals surface area contributed by atoms with Gasteiger partial charge in [0.15, 0.2) is 0 Å². The van der Waals surface area contributed by atoms with Crippen LogP contribution in [-0.2, 0) is 0 Å². The number of nitro benzene ring substituents is 1. The molecular weight excluding hydrogens is 308 g/mol. The van der Waals surface area contributed by atoms with Crippen molar-refractivity contribution in [3.63, 3.8) is 0 Å². The highest BCUT2D eigenvalue weighted by Gasteiger charge is 2.12. The number of fused-ring (bicyclic) bond motifs is 1. The van der Waals surface area contributed by atoms with E-state index in [9.17, 15) is 19.7 Å². The van der Waals surface area contributed by atoms with Gasteiger partial charge in [-0.05, 0) is 30.3 Å². The predicted octanol–water partition coefficient (Wildman–Crippen LogP) is 2.72. The molecule has 0 aliphatic carbocycles. The number of rotatable bonds is 3. The fourth-order valence-corrected chi connectivity index (χ4v) is 2.65. The Morgan fingerprint density at radius 2 is 1.91 bits per heavy atom. The average Bonchev–Trinajstić information content (AvgIpc) is 2.86. The fraction of sp³-hybridized carbons (Fsp3) is 0. The summed E-state index contributed by atoms with van der Waals surface area (Å²) >= 11 is 1.00. The van der Waals surface area contributed by atoms with E-state index in [2.05, 4.69) is 4.98 Å². The molecule has 0 aliphatic rings. The van der Waals surface area contributed by atoms with Gasteiger partial charge in [-0.1, -0.05) is 11.3 Å². The molecule has 1 heterocycles. The van der Waals surface area contributed by atoms with Gasteiger partial charge >= 0.3 is 10.8 Å². The molecule has 2 aromatic carbocycles. The molecule has 110 valence electrons. The first kappa shape index (κ1) is 14.0. The second-order valence-corrected chi connectivity index (χ2v) is 5.38. The number of benzene rings is 2. The molecule has 0 bridgehead atoms. The van der Waals surface area contributed by atoms with Gasteiger partial charge in [0.25, 0.3) is 5.69 Å². The lowest BCUT2D eigenvalue weighted by Crippen LogP contribution is -2.08. The van der Waals surface area contributed by atoms with Crippen LogP contribution in [0.15, 0.2) is 47.3 Å². The lowest BCUT2D eigenvalue weighted by atomic mass is 10.2. The summed E-state index contributed by atoms with van der Waals surface area (Å²) in [6.07, 6.45) is 0. The molecule has 7 nitrogen and oxygen atoms in total. The van der Waals surface area contributed by atoms with Crippen LogP contribution in [0.2, 0.25) is 0 Å². The SMILES string of the molecule is O=C(Oc1ccc([N+](=O)[O-])cc1)c1ccc2[nH]c(=O)sc2c1. The van der Waals surface area contributed by atoms with Crippen LogP contribution in [0.25, 0.3) is 10.2 Å². The second-order valence-electron chi connectivity index (χ2n) is 4.37. The van der Waals surface area contributed by atoms with Gasteiger partial charge in [-0.3, -0.25) is 14.9 Å².